The SMILES string of the molecule is O=C(O)C1=C(C(=O)Nc2ccc(OCc3c(F)cccc3Cl)c(F)c2)CCC1. The van der Waals surface area contributed by atoms with E-state index in [0.717, 1.165) is 6.07 Å². The third-order valence-corrected chi connectivity index (χ3v) is 4.73. The molecular formula is C20H16ClF2NO4. The second-order valence-corrected chi connectivity index (χ2v) is 6.61. The average Bonchev–Trinajstić information content (AvgIpc) is 3.13. The number of amides is 1. The fourth-order valence-corrected chi connectivity index (χ4v) is 3.17. The summed E-state index contributed by atoms with van der Waals surface area (Å²) in [5.41, 5.74) is 0.542. The van der Waals surface area contributed by atoms with Crippen molar-refractivity contribution in [2.24, 2.45) is 0 Å². The summed E-state index contributed by atoms with van der Waals surface area (Å²) in [6.45, 7) is -0.261. The third-order valence-electron chi connectivity index (χ3n) is 4.37. The van der Waals surface area contributed by atoms with Gasteiger partial charge in [0.05, 0.1) is 5.02 Å². The molecule has 1 aliphatic rings. The van der Waals surface area contributed by atoms with Crippen LogP contribution in [0.3, 0.4) is 0 Å². The van der Waals surface area contributed by atoms with Crippen molar-refractivity contribution in [2.75, 3.05) is 5.32 Å². The fraction of sp³-hybridized carbons (Fsp3) is 0.200. The Morgan fingerprint density at radius 1 is 1.11 bits per heavy atom. The lowest BCUT2D eigenvalue weighted by Gasteiger charge is -2.11. The van der Waals surface area contributed by atoms with Crippen LogP contribution in [-0.4, -0.2) is 17.0 Å². The first-order valence-electron chi connectivity index (χ1n) is 8.48. The van der Waals surface area contributed by atoms with E-state index < -0.39 is 23.5 Å². The predicted molar refractivity (Wildman–Crippen MR) is 99.3 cm³/mol. The molecule has 8 heteroatoms. The van der Waals surface area contributed by atoms with Gasteiger partial charge in [-0.15, -0.1) is 0 Å². The Labute approximate surface area is 164 Å². The molecule has 0 saturated heterocycles. The molecule has 146 valence electrons. The highest BCUT2D eigenvalue weighted by Crippen LogP contribution is 2.29. The molecule has 28 heavy (non-hydrogen) atoms. The van der Waals surface area contributed by atoms with E-state index in [2.05, 4.69) is 5.32 Å². The summed E-state index contributed by atoms with van der Waals surface area (Å²) >= 11 is 5.91. The van der Waals surface area contributed by atoms with E-state index in [9.17, 15) is 18.4 Å². The minimum Gasteiger partial charge on any atom is -0.486 e. The number of nitrogens with one attached hydrogen (secondary N) is 1. The zero-order valence-corrected chi connectivity index (χ0v) is 15.4. The van der Waals surface area contributed by atoms with Crippen LogP contribution < -0.4 is 10.1 Å². The molecular weight excluding hydrogens is 392 g/mol. The molecule has 0 saturated carbocycles. The molecule has 3 rings (SSSR count). The van der Waals surface area contributed by atoms with Gasteiger partial charge in [0.25, 0.3) is 5.91 Å². The molecule has 1 amide bonds. The molecule has 0 spiro atoms. The highest BCUT2D eigenvalue weighted by molar-refractivity contribution is 6.31. The lowest BCUT2D eigenvalue weighted by atomic mass is 10.1. The van der Waals surface area contributed by atoms with E-state index in [4.69, 9.17) is 21.4 Å². The Morgan fingerprint density at radius 2 is 1.86 bits per heavy atom. The van der Waals surface area contributed by atoms with Gasteiger partial charge in [-0.1, -0.05) is 17.7 Å². The predicted octanol–water partition coefficient (Wildman–Crippen LogP) is 4.70. The van der Waals surface area contributed by atoms with E-state index >= 15 is 0 Å². The van der Waals surface area contributed by atoms with Crippen LogP contribution in [0.5, 0.6) is 5.75 Å². The Balaban J connectivity index is 1.70. The maximum Gasteiger partial charge on any atom is 0.332 e. The van der Waals surface area contributed by atoms with Crippen molar-refractivity contribution < 1.29 is 28.2 Å². The van der Waals surface area contributed by atoms with E-state index in [0.29, 0.717) is 19.3 Å². The number of halogens is 3. The normalized spacial score (nSPS) is 13.5. The maximum absolute atomic E-state index is 14.3. The lowest BCUT2D eigenvalue weighted by molar-refractivity contribution is -0.133. The zero-order chi connectivity index (χ0) is 20.3. The van der Waals surface area contributed by atoms with Gasteiger partial charge >= 0.3 is 5.97 Å². The number of carboxylic acid groups (broad SMARTS) is 1. The minimum atomic E-state index is -1.12. The molecule has 0 fully saturated rings. The lowest BCUT2D eigenvalue weighted by Crippen LogP contribution is -2.16. The summed E-state index contributed by atoms with van der Waals surface area (Å²) in [4.78, 5) is 23.4. The second kappa shape index (κ2) is 8.39. The van der Waals surface area contributed by atoms with Crippen LogP contribution in [0.15, 0.2) is 47.5 Å². The molecule has 1 aliphatic carbocycles. The fourth-order valence-electron chi connectivity index (χ4n) is 2.95. The van der Waals surface area contributed by atoms with Gasteiger partial charge in [-0.2, -0.15) is 0 Å². The summed E-state index contributed by atoms with van der Waals surface area (Å²) in [6, 6.07) is 7.93. The summed E-state index contributed by atoms with van der Waals surface area (Å²) < 4.78 is 33.3. The number of ether oxygens (including phenoxy) is 1. The van der Waals surface area contributed by atoms with Crippen molar-refractivity contribution in [3.63, 3.8) is 0 Å². The third kappa shape index (κ3) is 4.31. The number of hydrogen-bond acceptors (Lipinski definition) is 3. The van der Waals surface area contributed by atoms with Gasteiger partial charge in [0, 0.05) is 28.5 Å². The van der Waals surface area contributed by atoms with Crippen LogP contribution in [0.2, 0.25) is 5.02 Å². The molecule has 2 N–H and O–H groups in total. The van der Waals surface area contributed by atoms with E-state index in [-0.39, 0.29) is 39.8 Å². The van der Waals surface area contributed by atoms with Crippen molar-refractivity contribution >= 4 is 29.2 Å². The first kappa shape index (κ1) is 19.8. The van der Waals surface area contributed by atoms with Gasteiger partial charge in [-0.25, -0.2) is 13.6 Å². The highest BCUT2D eigenvalue weighted by Gasteiger charge is 2.25. The van der Waals surface area contributed by atoms with Gasteiger partial charge in [-0.05, 0) is 43.5 Å². The number of anilines is 1. The smallest absolute Gasteiger partial charge is 0.332 e. The van der Waals surface area contributed by atoms with Crippen LogP contribution in [0.1, 0.15) is 24.8 Å². The number of rotatable bonds is 6. The van der Waals surface area contributed by atoms with Crippen LogP contribution in [0.4, 0.5) is 14.5 Å². The summed E-state index contributed by atoms with van der Waals surface area (Å²) in [5, 5.41) is 11.8. The molecule has 0 aromatic heterocycles. The molecule has 0 aliphatic heterocycles. The molecule has 5 nitrogen and oxygen atoms in total. The van der Waals surface area contributed by atoms with Gasteiger partial charge in [-0.3, -0.25) is 4.79 Å². The van der Waals surface area contributed by atoms with Crippen LogP contribution >= 0.6 is 11.6 Å². The first-order valence-corrected chi connectivity index (χ1v) is 8.86. The van der Waals surface area contributed by atoms with Gasteiger partial charge in [0.15, 0.2) is 11.6 Å². The Bertz CT molecular complexity index is 954. The topological polar surface area (TPSA) is 75.6 Å². The van der Waals surface area contributed by atoms with E-state index in [1.165, 1.54) is 30.3 Å². The number of carbonyl (C=O) groups is 2. The van der Waals surface area contributed by atoms with E-state index in [1.807, 2.05) is 0 Å². The minimum absolute atomic E-state index is 0.0830. The Hall–Kier alpha value is -2.93. The number of carboxylic acids is 1. The van der Waals surface area contributed by atoms with Crippen molar-refractivity contribution in [1.82, 2.24) is 0 Å². The van der Waals surface area contributed by atoms with Gasteiger partial charge in [0.1, 0.15) is 12.4 Å². The van der Waals surface area contributed by atoms with Gasteiger partial charge in [0.2, 0.25) is 0 Å². The van der Waals surface area contributed by atoms with Crippen molar-refractivity contribution in [3.05, 3.63) is 69.8 Å². The molecule has 0 unspecified atom stereocenters. The van der Waals surface area contributed by atoms with Crippen molar-refractivity contribution in [3.8, 4) is 5.75 Å². The Morgan fingerprint density at radius 3 is 2.54 bits per heavy atom. The number of aliphatic carboxylic acids is 1. The van der Waals surface area contributed by atoms with Crippen LogP contribution in [-0.2, 0) is 16.2 Å². The molecule has 0 heterocycles. The van der Waals surface area contributed by atoms with Crippen molar-refractivity contribution in [2.45, 2.75) is 25.9 Å². The standard InChI is InChI=1S/C20H16ClF2NO4/c21-15-5-2-6-16(22)14(15)10-28-18-8-7-11(9-17(18)23)24-19(25)12-3-1-4-13(12)20(26)27/h2,5-9H,1,3-4,10H2,(H,24,25)(H,26,27). The van der Waals surface area contributed by atoms with Crippen molar-refractivity contribution in [1.29, 1.82) is 0 Å². The quantitative estimate of drug-likeness (QED) is 0.727. The second-order valence-electron chi connectivity index (χ2n) is 6.20. The maximum atomic E-state index is 14.3. The Kier molecular flexibility index (Phi) is 5.94. The zero-order valence-electron chi connectivity index (χ0n) is 14.6. The largest absolute Gasteiger partial charge is 0.486 e. The monoisotopic (exact) mass is 407 g/mol. The molecule has 2 aromatic rings. The summed E-state index contributed by atoms with van der Waals surface area (Å²) in [6.07, 6.45) is 1.28. The summed E-state index contributed by atoms with van der Waals surface area (Å²) in [7, 11) is 0. The molecule has 2 aromatic carbocycles. The highest BCUT2D eigenvalue weighted by atomic mass is 35.5. The van der Waals surface area contributed by atoms with Gasteiger partial charge < -0.3 is 15.2 Å². The summed E-state index contributed by atoms with van der Waals surface area (Å²) in [5.74, 6) is -3.14. The molecule has 0 atom stereocenters. The molecule has 0 bridgehead atoms. The number of carbonyl (C=O) groups excluding carboxylic acids is 1. The van der Waals surface area contributed by atoms with Crippen LogP contribution in [0.25, 0.3) is 0 Å². The number of benzene rings is 2. The van der Waals surface area contributed by atoms with E-state index in [1.54, 1.807) is 0 Å². The van der Waals surface area contributed by atoms with Crippen LogP contribution in [0, 0.1) is 11.6 Å². The number of hydrogen-bond donors (Lipinski definition) is 2. The average molecular weight is 408 g/mol. The molecule has 0 radical (unpaired) electrons. The first-order chi connectivity index (χ1) is 13.4.